The molecule has 3 aromatic rings. The van der Waals surface area contributed by atoms with Crippen LogP contribution in [0.25, 0.3) is 11.3 Å². The quantitative estimate of drug-likeness (QED) is 0.520. The van der Waals surface area contributed by atoms with Crippen LogP contribution in [0.5, 0.6) is 0 Å². The first kappa shape index (κ1) is 22.3. The lowest BCUT2D eigenvalue weighted by Crippen LogP contribution is -2.50. The van der Waals surface area contributed by atoms with Crippen molar-refractivity contribution in [1.29, 1.82) is 0 Å². The van der Waals surface area contributed by atoms with E-state index >= 15 is 0 Å². The molecule has 0 aromatic carbocycles. The predicted molar refractivity (Wildman–Crippen MR) is 118 cm³/mol. The third-order valence-corrected chi connectivity index (χ3v) is 6.96. The van der Waals surface area contributed by atoms with Crippen LogP contribution in [0.15, 0.2) is 42.9 Å². The summed E-state index contributed by atoms with van der Waals surface area (Å²) in [7, 11) is 0. The molecule has 6 rings (SSSR count). The van der Waals surface area contributed by atoms with E-state index in [0.717, 1.165) is 12.8 Å². The van der Waals surface area contributed by atoms with Gasteiger partial charge in [-0.3, -0.25) is 9.89 Å². The number of carbonyl (C=O) groups excluding carboxylic acids is 1. The van der Waals surface area contributed by atoms with Gasteiger partial charge in [0, 0.05) is 29.8 Å². The number of amides is 1. The van der Waals surface area contributed by atoms with Crippen molar-refractivity contribution in [2.24, 2.45) is 5.41 Å². The minimum atomic E-state index is -4.76. The number of hydrogen-bond donors (Lipinski definition) is 3. The number of H-pyrrole nitrogens is 1. The smallest absolute Gasteiger partial charge is 0.390 e. The number of alkyl halides is 3. The highest BCUT2D eigenvalue weighted by Crippen LogP contribution is 2.58. The number of aliphatic hydroxyl groups is 1. The Labute approximate surface area is 193 Å². The molecule has 0 spiro atoms. The van der Waals surface area contributed by atoms with Crippen LogP contribution >= 0.6 is 0 Å². The molecular weight excluding hydrogens is 449 g/mol. The molecule has 1 saturated carbocycles. The largest absolute Gasteiger partial charge is 0.435 e. The van der Waals surface area contributed by atoms with Gasteiger partial charge in [-0.05, 0) is 44.9 Å². The van der Waals surface area contributed by atoms with Crippen molar-refractivity contribution in [3.05, 3.63) is 54.2 Å². The Morgan fingerprint density at radius 3 is 2.65 bits per heavy atom. The first-order chi connectivity index (χ1) is 16.0. The molecule has 178 valence electrons. The number of carbonyl (C=O) groups is 1. The maximum Gasteiger partial charge on any atom is 0.435 e. The lowest BCUT2D eigenvalue weighted by molar-refractivity contribution is -0.140. The molecule has 0 atom stereocenters. The van der Waals surface area contributed by atoms with E-state index < -0.39 is 29.1 Å². The third-order valence-electron chi connectivity index (χ3n) is 6.96. The SMILES string of the molecule is CC(C)(O)C12CC(C1)N(c1cnc(C(F)(F)F)c(NC(=O)c3cccc(-c4cn[nH]c4)n3)c1)C2. The molecule has 2 saturated heterocycles. The van der Waals surface area contributed by atoms with Crippen LogP contribution in [-0.4, -0.2) is 49.4 Å². The molecule has 1 amide bonds. The van der Waals surface area contributed by atoms with Crippen molar-refractivity contribution >= 4 is 17.3 Å². The van der Waals surface area contributed by atoms with Gasteiger partial charge in [0.05, 0.1) is 35.1 Å². The van der Waals surface area contributed by atoms with Gasteiger partial charge < -0.3 is 15.3 Å². The van der Waals surface area contributed by atoms with Gasteiger partial charge in [-0.2, -0.15) is 18.3 Å². The molecule has 2 bridgehead atoms. The number of rotatable bonds is 5. The maximum absolute atomic E-state index is 13.7. The van der Waals surface area contributed by atoms with Crippen molar-refractivity contribution in [2.75, 3.05) is 16.8 Å². The topological polar surface area (TPSA) is 107 Å². The van der Waals surface area contributed by atoms with Crippen LogP contribution < -0.4 is 10.2 Å². The van der Waals surface area contributed by atoms with Crippen LogP contribution in [-0.2, 0) is 6.18 Å². The highest BCUT2D eigenvalue weighted by Gasteiger charge is 2.61. The first-order valence-corrected chi connectivity index (χ1v) is 10.8. The number of anilines is 2. The second kappa shape index (κ2) is 7.52. The number of aromatic amines is 1. The molecule has 11 heteroatoms. The fraction of sp³-hybridized carbons (Fsp3) is 0.391. The van der Waals surface area contributed by atoms with Crippen molar-refractivity contribution in [3.63, 3.8) is 0 Å². The molecular formula is C23H23F3N6O2. The van der Waals surface area contributed by atoms with E-state index in [0.29, 0.717) is 23.5 Å². The van der Waals surface area contributed by atoms with E-state index in [2.05, 4.69) is 25.5 Å². The Morgan fingerprint density at radius 1 is 1.26 bits per heavy atom. The fourth-order valence-corrected chi connectivity index (χ4v) is 4.87. The highest BCUT2D eigenvalue weighted by atomic mass is 19.4. The van der Waals surface area contributed by atoms with Crippen molar-refractivity contribution in [2.45, 2.75) is 44.5 Å². The van der Waals surface area contributed by atoms with Crippen LogP contribution in [0.1, 0.15) is 42.9 Å². The summed E-state index contributed by atoms with van der Waals surface area (Å²) < 4.78 is 41.0. The van der Waals surface area contributed by atoms with Crippen LogP contribution in [0.2, 0.25) is 0 Å². The normalized spacial score (nSPS) is 21.9. The van der Waals surface area contributed by atoms with Crippen molar-refractivity contribution < 1.29 is 23.1 Å². The zero-order valence-corrected chi connectivity index (χ0v) is 18.5. The van der Waals surface area contributed by atoms with Crippen molar-refractivity contribution in [1.82, 2.24) is 20.2 Å². The summed E-state index contributed by atoms with van der Waals surface area (Å²) >= 11 is 0. The number of halogens is 3. The predicted octanol–water partition coefficient (Wildman–Crippen LogP) is 3.88. The molecule has 8 nitrogen and oxygen atoms in total. The average Bonchev–Trinajstić information content (AvgIpc) is 3.47. The van der Waals surface area contributed by atoms with Gasteiger partial charge in [0.2, 0.25) is 0 Å². The first-order valence-electron chi connectivity index (χ1n) is 10.8. The third kappa shape index (κ3) is 3.69. The Balaban J connectivity index is 1.44. The van der Waals surface area contributed by atoms with Crippen LogP contribution in [0.4, 0.5) is 24.5 Å². The Hall–Kier alpha value is -3.47. The minimum Gasteiger partial charge on any atom is -0.390 e. The molecule has 0 unspecified atom stereocenters. The van der Waals surface area contributed by atoms with Gasteiger partial charge in [0.25, 0.3) is 5.91 Å². The fourth-order valence-electron chi connectivity index (χ4n) is 4.87. The Bertz CT molecular complexity index is 1230. The Morgan fingerprint density at radius 2 is 2.03 bits per heavy atom. The molecule has 2 aliphatic heterocycles. The Kier molecular flexibility index (Phi) is 4.94. The van der Waals surface area contributed by atoms with E-state index in [1.165, 1.54) is 24.5 Å². The number of nitrogens with zero attached hydrogens (tertiary/aromatic N) is 4. The number of nitrogens with one attached hydrogen (secondary N) is 2. The van der Waals surface area contributed by atoms with Gasteiger partial charge in [0.15, 0.2) is 5.69 Å². The molecule has 3 fully saturated rings. The van der Waals surface area contributed by atoms with E-state index in [9.17, 15) is 23.1 Å². The van der Waals surface area contributed by atoms with E-state index in [1.807, 2.05) is 4.90 Å². The molecule has 5 heterocycles. The zero-order chi connectivity index (χ0) is 24.3. The lowest BCUT2D eigenvalue weighted by Gasteiger charge is -2.45. The highest BCUT2D eigenvalue weighted by molar-refractivity contribution is 6.03. The number of pyridine rings is 2. The minimum absolute atomic E-state index is 0.0401. The summed E-state index contributed by atoms with van der Waals surface area (Å²) in [5, 5.41) is 19.4. The van der Waals surface area contributed by atoms with Gasteiger partial charge >= 0.3 is 6.18 Å². The van der Waals surface area contributed by atoms with Gasteiger partial charge in [-0.25, -0.2) is 9.97 Å². The van der Waals surface area contributed by atoms with Gasteiger partial charge in [-0.1, -0.05) is 6.07 Å². The number of aromatic nitrogens is 4. The average molecular weight is 472 g/mol. The summed E-state index contributed by atoms with van der Waals surface area (Å²) in [5.41, 5.74) is -1.30. The van der Waals surface area contributed by atoms with Crippen LogP contribution in [0, 0.1) is 5.41 Å². The number of fused-ring (bicyclic) bond motifs is 1. The van der Waals surface area contributed by atoms with E-state index in [-0.39, 0.29) is 17.2 Å². The molecule has 3 N–H and O–H groups in total. The summed E-state index contributed by atoms with van der Waals surface area (Å²) in [6, 6.07) is 6.10. The van der Waals surface area contributed by atoms with E-state index in [1.54, 1.807) is 32.2 Å². The zero-order valence-electron chi connectivity index (χ0n) is 18.5. The van der Waals surface area contributed by atoms with Crippen LogP contribution in [0.3, 0.4) is 0 Å². The van der Waals surface area contributed by atoms with Gasteiger partial charge in [0.1, 0.15) is 5.69 Å². The molecule has 0 radical (unpaired) electrons. The molecule has 3 aromatic heterocycles. The number of hydrogen-bond acceptors (Lipinski definition) is 6. The van der Waals surface area contributed by atoms with Gasteiger partial charge in [-0.15, -0.1) is 0 Å². The molecule has 1 aliphatic carbocycles. The second-order valence-corrected chi connectivity index (χ2v) is 9.47. The summed E-state index contributed by atoms with van der Waals surface area (Å²) in [6.07, 6.45) is 1.05. The summed E-state index contributed by atoms with van der Waals surface area (Å²) in [4.78, 5) is 22.7. The maximum atomic E-state index is 13.7. The molecule has 3 aliphatic rings. The molecule has 34 heavy (non-hydrogen) atoms. The summed E-state index contributed by atoms with van der Waals surface area (Å²) in [6.45, 7) is 4.03. The second-order valence-electron chi connectivity index (χ2n) is 9.47. The summed E-state index contributed by atoms with van der Waals surface area (Å²) in [5.74, 6) is -0.784. The monoisotopic (exact) mass is 472 g/mol. The standard InChI is InChI=1S/C23H23F3N6O2/c1-21(2,34)22-7-15(8-22)32(12-22)14-6-18(19(27-11-14)23(24,25)26)31-20(33)17-5-3-4-16(30-17)13-9-28-29-10-13/h3-6,9-11,15,34H,7-8,12H2,1-2H3,(H,28,29)(H,31,33). The van der Waals surface area contributed by atoms with E-state index in [4.69, 9.17) is 0 Å². The lowest BCUT2D eigenvalue weighted by atomic mass is 9.61. The van der Waals surface area contributed by atoms with Crippen molar-refractivity contribution in [3.8, 4) is 11.3 Å².